The fraction of sp³-hybridized carbons (Fsp3) is 0.500. The molecule has 2 unspecified atom stereocenters. The zero-order valence-corrected chi connectivity index (χ0v) is 11.3. The Morgan fingerprint density at radius 2 is 2.13 bits per heavy atom. The lowest BCUT2D eigenvalue weighted by Gasteiger charge is -2.16. The standard InChI is InChI=1S/C12H16BrClO/c1-3-8(2)6-12(15)10-5-4-9(14)7-11(10)13/h4-5,7-8,12,15H,3,6H2,1-2H3. The number of halogens is 2. The first-order chi connectivity index (χ1) is 7.04. The van der Waals surface area contributed by atoms with Gasteiger partial charge in [-0.3, -0.25) is 0 Å². The van der Waals surface area contributed by atoms with Crippen LogP contribution in [0.5, 0.6) is 0 Å². The van der Waals surface area contributed by atoms with E-state index in [1.807, 2.05) is 18.2 Å². The lowest BCUT2D eigenvalue weighted by Crippen LogP contribution is -2.04. The van der Waals surface area contributed by atoms with Crippen LogP contribution in [0.15, 0.2) is 22.7 Å². The van der Waals surface area contributed by atoms with Gasteiger partial charge in [-0.1, -0.05) is 53.9 Å². The van der Waals surface area contributed by atoms with Crippen molar-refractivity contribution in [2.24, 2.45) is 5.92 Å². The molecule has 3 heteroatoms. The van der Waals surface area contributed by atoms with E-state index in [1.165, 1.54) is 0 Å². The van der Waals surface area contributed by atoms with Gasteiger partial charge in [-0.15, -0.1) is 0 Å². The minimum atomic E-state index is -0.411. The highest BCUT2D eigenvalue weighted by Gasteiger charge is 2.14. The summed E-state index contributed by atoms with van der Waals surface area (Å²) in [5, 5.41) is 10.7. The molecule has 0 aliphatic heterocycles. The van der Waals surface area contributed by atoms with E-state index in [0.717, 1.165) is 22.9 Å². The Kier molecular flexibility index (Phi) is 5.10. The van der Waals surface area contributed by atoms with Crippen LogP contribution in [0.1, 0.15) is 38.4 Å². The highest BCUT2D eigenvalue weighted by Crippen LogP contribution is 2.30. The molecule has 1 rings (SSSR count). The largest absolute Gasteiger partial charge is 0.388 e. The summed E-state index contributed by atoms with van der Waals surface area (Å²) in [7, 11) is 0. The van der Waals surface area contributed by atoms with Crippen LogP contribution in [0.2, 0.25) is 5.02 Å². The molecule has 0 spiro atoms. The summed E-state index contributed by atoms with van der Waals surface area (Å²) in [6.07, 6.45) is 1.46. The summed E-state index contributed by atoms with van der Waals surface area (Å²) >= 11 is 9.26. The molecule has 15 heavy (non-hydrogen) atoms. The highest BCUT2D eigenvalue weighted by molar-refractivity contribution is 9.10. The second-order valence-electron chi connectivity index (χ2n) is 3.93. The molecule has 1 aromatic rings. The summed E-state index contributed by atoms with van der Waals surface area (Å²) in [5.41, 5.74) is 0.916. The Hall–Kier alpha value is -0.0500. The molecular formula is C12H16BrClO. The maximum absolute atomic E-state index is 10.0. The SMILES string of the molecule is CCC(C)CC(O)c1ccc(Cl)cc1Br. The third-order valence-electron chi connectivity index (χ3n) is 2.64. The van der Waals surface area contributed by atoms with Gasteiger partial charge >= 0.3 is 0 Å². The molecule has 0 amide bonds. The third kappa shape index (κ3) is 3.78. The fourth-order valence-electron chi connectivity index (χ4n) is 1.45. The molecular weight excluding hydrogens is 275 g/mol. The summed E-state index contributed by atoms with van der Waals surface area (Å²) < 4.78 is 0.880. The van der Waals surface area contributed by atoms with Crippen molar-refractivity contribution < 1.29 is 5.11 Å². The van der Waals surface area contributed by atoms with Crippen molar-refractivity contribution in [1.82, 2.24) is 0 Å². The smallest absolute Gasteiger partial charge is 0.0803 e. The van der Waals surface area contributed by atoms with Crippen molar-refractivity contribution in [1.29, 1.82) is 0 Å². The van der Waals surface area contributed by atoms with Gasteiger partial charge in [-0.05, 0) is 30.0 Å². The average Bonchev–Trinajstić information content (AvgIpc) is 2.17. The Balaban J connectivity index is 2.77. The third-order valence-corrected chi connectivity index (χ3v) is 3.57. The van der Waals surface area contributed by atoms with E-state index in [2.05, 4.69) is 29.8 Å². The van der Waals surface area contributed by atoms with Crippen molar-refractivity contribution >= 4 is 27.5 Å². The second-order valence-corrected chi connectivity index (χ2v) is 5.22. The molecule has 84 valence electrons. The molecule has 1 nitrogen and oxygen atoms in total. The first-order valence-electron chi connectivity index (χ1n) is 5.17. The summed E-state index contributed by atoms with van der Waals surface area (Å²) in [6, 6.07) is 5.50. The maximum atomic E-state index is 10.0. The second kappa shape index (κ2) is 5.88. The van der Waals surface area contributed by atoms with Gasteiger partial charge in [-0.25, -0.2) is 0 Å². The van der Waals surface area contributed by atoms with Gasteiger partial charge in [0.25, 0.3) is 0 Å². The van der Waals surface area contributed by atoms with Crippen LogP contribution in [0.4, 0.5) is 0 Å². The molecule has 0 aliphatic carbocycles. The monoisotopic (exact) mass is 290 g/mol. The van der Waals surface area contributed by atoms with E-state index < -0.39 is 6.10 Å². The summed E-state index contributed by atoms with van der Waals surface area (Å²) in [6.45, 7) is 4.28. The minimum absolute atomic E-state index is 0.411. The normalized spacial score (nSPS) is 15.0. The van der Waals surface area contributed by atoms with E-state index >= 15 is 0 Å². The van der Waals surface area contributed by atoms with Crippen molar-refractivity contribution in [3.05, 3.63) is 33.3 Å². The number of aliphatic hydroxyl groups is 1. The zero-order valence-electron chi connectivity index (χ0n) is 9.00. The topological polar surface area (TPSA) is 20.2 Å². The van der Waals surface area contributed by atoms with Crippen LogP contribution in [0.3, 0.4) is 0 Å². The quantitative estimate of drug-likeness (QED) is 0.861. The minimum Gasteiger partial charge on any atom is -0.388 e. The molecule has 0 saturated heterocycles. The first kappa shape index (κ1) is 13.0. The maximum Gasteiger partial charge on any atom is 0.0803 e. The van der Waals surface area contributed by atoms with Crippen LogP contribution in [0.25, 0.3) is 0 Å². The van der Waals surface area contributed by atoms with Crippen molar-refractivity contribution in [2.45, 2.75) is 32.8 Å². The van der Waals surface area contributed by atoms with Crippen LogP contribution in [-0.4, -0.2) is 5.11 Å². The van der Waals surface area contributed by atoms with Crippen molar-refractivity contribution in [3.63, 3.8) is 0 Å². The molecule has 0 bridgehead atoms. The molecule has 0 saturated carbocycles. The highest BCUT2D eigenvalue weighted by atomic mass is 79.9. The Labute approximate surface area is 105 Å². The molecule has 1 aromatic carbocycles. The molecule has 0 radical (unpaired) electrons. The lowest BCUT2D eigenvalue weighted by atomic mass is 9.96. The van der Waals surface area contributed by atoms with Gasteiger partial charge in [0.15, 0.2) is 0 Å². The predicted molar refractivity (Wildman–Crippen MR) is 68.2 cm³/mol. The summed E-state index contributed by atoms with van der Waals surface area (Å²) in [5.74, 6) is 0.530. The number of hydrogen-bond donors (Lipinski definition) is 1. The number of hydrogen-bond acceptors (Lipinski definition) is 1. The van der Waals surface area contributed by atoms with Gasteiger partial charge in [0.1, 0.15) is 0 Å². The van der Waals surface area contributed by atoms with E-state index in [4.69, 9.17) is 11.6 Å². The van der Waals surface area contributed by atoms with Crippen LogP contribution < -0.4 is 0 Å². The predicted octanol–water partition coefficient (Wildman–Crippen LogP) is 4.57. The molecule has 1 N–H and O–H groups in total. The van der Waals surface area contributed by atoms with Crippen molar-refractivity contribution in [3.8, 4) is 0 Å². The number of aliphatic hydroxyl groups excluding tert-OH is 1. The van der Waals surface area contributed by atoms with Crippen LogP contribution >= 0.6 is 27.5 Å². The van der Waals surface area contributed by atoms with E-state index in [-0.39, 0.29) is 0 Å². The van der Waals surface area contributed by atoms with Gasteiger partial charge in [0, 0.05) is 9.50 Å². The van der Waals surface area contributed by atoms with Crippen LogP contribution in [0, 0.1) is 5.92 Å². The Morgan fingerprint density at radius 1 is 1.47 bits per heavy atom. The Morgan fingerprint density at radius 3 is 2.67 bits per heavy atom. The van der Waals surface area contributed by atoms with Gasteiger partial charge in [0.2, 0.25) is 0 Å². The van der Waals surface area contributed by atoms with Crippen LogP contribution in [-0.2, 0) is 0 Å². The lowest BCUT2D eigenvalue weighted by molar-refractivity contribution is 0.146. The molecule has 0 aromatic heterocycles. The van der Waals surface area contributed by atoms with Gasteiger partial charge in [0.05, 0.1) is 6.10 Å². The molecule has 0 fully saturated rings. The van der Waals surface area contributed by atoms with E-state index in [9.17, 15) is 5.11 Å². The molecule has 0 heterocycles. The van der Waals surface area contributed by atoms with Gasteiger partial charge in [-0.2, -0.15) is 0 Å². The van der Waals surface area contributed by atoms with Gasteiger partial charge < -0.3 is 5.11 Å². The average molecular weight is 292 g/mol. The zero-order chi connectivity index (χ0) is 11.4. The van der Waals surface area contributed by atoms with Crippen molar-refractivity contribution in [2.75, 3.05) is 0 Å². The fourth-order valence-corrected chi connectivity index (χ4v) is 2.39. The number of benzene rings is 1. The van der Waals surface area contributed by atoms with E-state index in [0.29, 0.717) is 10.9 Å². The Bertz CT molecular complexity index is 327. The first-order valence-corrected chi connectivity index (χ1v) is 6.34. The number of rotatable bonds is 4. The molecule has 0 aliphatic rings. The van der Waals surface area contributed by atoms with E-state index in [1.54, 1.807) is 0 Å². The molecule has 2 atom stereocenters. The summed E-state index contributed by atoms with van der Waals surface area (Å²) in [4.78, 5) is 0.